The predicted octanol–water partition coefficient (Wildman–Crippen LogP) is 1.42. The van der Waals surface area contributed by atoms with E-state index in [0.717, 1.165) is 16.4 Å². The summed E-state index contributed by atoms with van der Waals surface area (Å²) < 4.78 is 58.8. The van der Waals surface area contributed by atoms with Crippen molar-refractivity contribution in [1.82, 2.24) is 19.4 Å². The largest absolute Gasteiger partial charge is 0.424 e. The molecule has 2 heterocycles. The fraction of sp³-hybridized carbons (Fsp3) is 0.467. The molecule has 1 aromatic carbocycles. The highest BCUT2D eigenvalue weighted by atomic mass is 32.2. The van der Waals surface area contributed by atoms with Crippen LogP contribution in [0.3, 0.4) is 0 Å². The fourth-order valence-corrected chi connectivity index (χ4v) is 4.13. The number of sulfonamides is 1. The second kappa shape index (κ2) is 7.14. The third-order valence-corrected chi connectivity index (χ3v) is 5.93. The van der Waals surface area contributed by atoms with E-state index in [1.165, 1.54) is 0 Å². The number of aryl methyl sites for hydroxylation is 1. The summed E-state index contributed by atoms with van der Waals surface area (Å²) in [4.78, 5) is 1.34. The summed E-state index contributed by atoms with van der Waals surface area (Å²) in [7, 11) is -4.07. The maximum atomic E-state index is 13.8. The Labute approximate surface area is 144 Å². The van der Waals surface area contributed by atoms with E-state index in [0.29, 0.717) is 43.9 Å². The Hall–Kier alpha value is -1.91. The molecule has 1 saturated heterocycles. The van der Waals surface area contributed by atoms with Gasteiger partial charge in [0.15, 0.2) is 0 Å². The lowest BCUT2D eigenvalue weighted by Gasteiger charge is -2.33. The lowest BCUT2D eigenvalue weighted by atomic mass is 10.3. The predicted molar refractivity (Wildman–Crippen MR) is 84.1 cm³/mol. The molecule has 0 spiro atoms. The zero-order valence-electron chi connectivity index (χ0n) is 13.7. The number of rotatable bonds is 5. The molecule has 0 saturated carbocycles. The molecular weight excluding hydrogens is 354 g/mol. The first-order chi connectivity index (χ1) is 11.9. The zero-order valence-corrected chi connectivity index (χ0v) is 14.5. The highest BCUT2D eigenvalue weighted by molar-refractivity contribution is 7.89. The summed E-state index contributed by atoms with van der Waals surface area (Å²) in [6.45, 7) is 3.54. The molecule has 0 atom stereocenters. The normalized spacial score (nSPS) is 17.1. The topological polar surface area (TPSA) is 79.5 Å². The Morgan fingerprint density at radius 3 is 2.44 bits per heavy atom. The van der Waals surface area contributed by atoms with E-state index in [1.807, 2.05) is 11.8 Å². The second-order valence-electron chi connectivity index (χ2n) is 5.70. The number of hydrogen-bond acceptors (Lipinski definition) is 6. The number of hydrogen-bond donors (Lipinski definition) is 0. The minimum atomic E-state index is -4.07. The van der Waals surface area contributed by atoms with Gasteiger partial charge in [0.1, 0.15) is 16.5 Å². The van der Waals surface area contributed by atoms with Gasteiger partial charge in [0, 0.05) is 32.6 Å². The van der Waals surface area contributed by atoms with Crippen molar-refractivity contribution < 1.29 is 21.6 Å². The van der Waals surface area contributed by atoms with Crippen molar-refractivity contribution in [3.05, 3.63) is 41.6 Å². The first-order valence-electron chi connectivity index (χ1n) is 7.89. The van der Waals surface area contributed by atoms with E-state index in [4.69, 9.17) is 4.42 Å². The van der Waals surface area contributed by atoms with Gasteiger partial charge in [0.25, 0.3) is 0 Å². The van der Waals surface area contributed by atoms with Crippen LogP contribution < -0.4 is 0 Å². The zero-order chi connectivity index (χ0) is 18.0. The first-order valence-corrected chi connectivity index (χ1v) is 9.33. The minimum Gasteiger partial charge on any atom is -0.424 e. The first kappa shape index (κ1) is 17.9. The van der Waals surface area contributed by atoms with Gasteiger partial charge in [-0.1, -0.05) is 6.92 Å². The molecule has 0 aliphatic carbocycles. The molecule has 0 unspecified atom stereocenters. The van der Waals surface area contributed by atoms with Crippen LogP contribution in [0.4, 0.5) is 8.78 Å². The molecule has 0 N–H and O–H groups in total. The van der Waals surface area contributed by atoms with Crippen LogP contribution in [0.1, 0.15) is 18.7 Å². The molecule has 0 bridgehead atoms. The van der Waals surface area contributed by atoms with Gasteiger partial charge >= 0.3 is 0 Å². The molecule has 136 valence electrons. The van der Waals surface area contributed by atoms with Crippen molar-refractivity contribution in [3.63, 3.8) is 0 Å². The summed E-state index contributed by atoms with van der Waals surface area (Å²) in [5.74, 6) is -0.717. The van der Waals surface area contributed by atoms with Crippen molar-refractivity contribution >= 4 is 10.0 Å². The van der Waals surface area contributed by atoms with E-state index < -0.39 is 26.6 Å². The summed E-state index contributed by atoms with van der Waals surface area (Å²) in [5.41, 5.74) is 0. The van der Waals surface area contributed by atoms with Crippen LogP contribution >= 0.6 is 0 Å². The highest BCUT2D eigenvalue weighted by Crippen LogP contribution is 2.22. The number of halogens is 2. The Morgan fingerprint density at radius 1 is 1.12 bits per heavy atom. The summed E-state index contributed by atoms with van der Waals surface area (Å²) in [6.07, 6.45) is 0.651. The molecule has 10 heteroatoms. The van der Waals surface area contributed by atoms with Crippen LogP contribution in [0.2, 0.25) is 0 Å². The Bertz CT molecular complexity index is 848. The molecule has 0 amide bonds. The van der Waals surface area contributed by atoms with E-state index in [2.05, 4.69) is 10.2 Å². The average Bonchev–Trinajstić information content (AvgIpc) is 3.05. The molecule has 2 aromatic rings. The second-order valence-corrected chi connectivity index (χ2v) is 7.60. The molecule has 7 nitrogen and oxygen atoms in total. The van der Waals surface area contributed by atoms with Gasteiger partial charge in [-0.05, 0) is 18.2 Å². The van der Waals surface area contributed by atoms with Crippen LogP contribution in [0.5, 0.6) is 0 Å². The lowest BCUT2D eigenvalue weighted by molar-refractivity contribution is 0.167. The molecule has 1 aliphatic heterocycles. The molecule has 1 fully saturated rings. The Balaban J connectivity index is 1.66. The van der Waals surface area contributed by atoms with E-state index in [1.54, 1.807) is 0 Å². The average molecular weight is 372 g/mol. The third-order valence-electron chi connectivity index (χ3n) is 4.01. The van der Waals surface area contributed by atoms with Crippen molar-refractivity contribution in [1.29, 1.82) is 0 Å². The standard InChI is InChI=1S/C15H18F2N4O3S/c1-2-14-18-19-15(24-14)10-20-5-7-21(8-6-20)25(22,23)13-9-11(16)3-4-12(13)17/h3-4,9H,2,5-8,10H2,1H3. The van der Waals surface area contributed by atoms with E-state index in [-0.39, 0.29) is 13.1 Å². The summed E-state index contributed by atoms with van der Waals surface area (Å²) in [5, 5.41) is 7.82. The quantitative estimate of drug-likeness (QED) is 0.790. The van der Waals surface area contributed by atoms with Gasteiger partial charge in [0.05, 0.1) is 6.54 Å². The SMILES string of the molecule is CCc1nnc(CN2CCN(S(=O)(=O)c3cc(F)ccc3F)CC2)o1. The van der Waals surface area contributed by atoms with Crippen molar-refractivity contribution in [3.8, 4) is 0 Å². The minimum absolute atomic E-state index is 0.174. The molecule has 3 rings (SSSR count). The van der Waals surface area contributed by atoms with Gasteiger partial charge < -0.3 is 4.42 Å². The molecular formula is C15H18F2N4O3S. The smallest absolute Gasteiger partial charge is 0.246 e. The van der Waals surface area contributed by atoms with Crippen molar-refractivity contribution in [2.75, 3.05) is 26.2 Å². The van der Waals surface area contributed by atoms with Gasteiger partial charge in [0.2, 0.25) is 21.8 Å². The van der Waals surface area contributed by atoms with Crippen molar-refractivity contribution in [2.45, 2.75) is 24.8 Å². The number of nitrogens with zero attached hydrogens (tertiary/aromatic N) is 4. The molecule has 1 aliphatic rings. The third kappa shape index (κ3) is 3.86. The Morgan fingerprint density at radius 2 is 1.80 bits per heavy atom. The molecule has 1 aromatic heterocycles. The van der Waals surface area contributed by atoms with Crippen LogP contribution in [0.25, 0.3) is 0 Å². The number of aromatic nitrogens is 2. The van der Waals surface area contributed by atoms with Crippen LogP contribution in [0, 0.1) is 11.6 Å². The van der Waals surface area contributed by atoms with Gasteiger partial charge in [-0.25, -0.2) is 17.2 Å². The number of piperazine rings is 1. The van der Waals surface area contributed by atoms with Crippen molar-refractivity contribution in [2.24, 2.45) is 0 Å². The van der Waals surface area contributed by atoms with Crippen LogP contribution in [-0.2, 0) is 23.0 Å². The number of benzene rings is 1. The molecule has 0 radical (unpaired) electrons. The fourth-order valence-electron chi connectivity index (χ4n) is 2.63. The summed E-state index contributed by atoms with van der Waals surface area (Å²) in [6, 6.07) is 2.42. The lowest BCUT2D eigenvalue weighted by Crippen LogP contribution is -2.48. The maximum absolute atomic E-state index is 13.8. The van der Waals surface area contributed by atoms with Gasteiger partial charge in [-0.2, -0.15) is 4.31 Å². The van der Waals surface area contributed by atoms with E-state index >= 15 is 0 Å². The summed E-state index contributed by atoms with van der Waals surface area (Å²) >= 11 is 0. The van der Waals surface area contributed by atoms with Gasteiger partial charge in [-0.3, -0.25) is 4.90 Å². The van der Waals surface area contributed by atoms with E-state index in [9.17, 15) is 17.2 Å². The van der Waals surface area contributed by atoms with Crippen LogP contribution in [-0.4, -0.2) is 54.0 Å². The highest BCUT2D eigenvalue weighted by Gasteiger charge is 2.31. The van der Waals surface area contributed by atoms with Crippen LogP contribution in [0.15, 0.2) is 27.5 Å². The molecule has 25 heavy (non-hydrogen) atoms. The Kier molecular flexibility index (Phi) is 5.11. The van der Waals surface area contributed by atoms with Gasteiger partial charge in [-0.15, -0.1) is 10.2 Å². The maximum Gasteiger partial charge on any atom is 0.246 e. The monoisotopic (exact) mass is 372 g/mol.